The molecule has 0 atom stereocenters. The summed E-state index contributed by atoms with van der Waals surface area (Å²) in [6.45, 7) is 0. The second-order valence-electron chi connectivity index (χ2n) is 19.7. The van der Waals surface area contributed by atoms with Gasteiger partial charge in [0, 0.05) is 33.4 Å². The second kappa shape index (κ2) is 22.1. The van der Waals surface area contributed by atoms with Gasteiger partial charge in [0.1, 0.15) is 0 Å². The third-order valence-electron chi connectivity index (χ3n) is 15.1. The highest BCUT2D eigenvalue weighted by Crippen LogP contribution is 2.33. The summed E-state index contributed by atoms with van der Waals surface area (Å²) in [5, 5.41) is 10.1. The maximum atomic E-state index is 5.44. The fourth-order valence-corrected chi connectivity index (χ4v) is 21.1. The Hall–Kier alpha value is -10.1. The summed E-state index contributed by atoms with van der Waals surface area (Å²) in [6, 6.07) is 112. The molecular weight excluding hydrogens is 1010 g/mol. The van der Waals surface area contributed by atoms with Gasteiger partial charge in [0.2, 0.25) is 0 Å². The minimum atomic E-state index is -2.90. The zero-order valence-corrected chi connectivity index (χ0v) is 45.7. The Balaban J connectivity index is 0.997. The van der Waals surface area contributed by atoms with Crippen LogP contribution in [0.4, 0.5) is 0 Å². The normalized spacial score (nSPS) is 11.5. The summed E-state index contributed by atoms with van der Waals surface area (Å²) in [4.78, 5) is 32.1. The monoisotopic (exact) mass is 1060 g/mol. The van der Waals surface area contributed by atoms with E-state index in [-0.39, 0.29) is 0 Å². The van der Waals surface area contributed by atoms with Crippen LogP contribution in [0.1, 0.15) is 0 Å². The zero-order chi connectivity index (χ0) is 53.6. The molecule has 0 fully saturated rings. The van der Waals surface area contributed by atoms with E-state index in [1.807, 2.05) is 72.8 Å². The molecule has 0 aliphatic heterocycles. The number of hydrogen-bond acceptors (Lipinski definition) is 6. The Bertz CT molecular complexity index is 3750. The number of rotatable bonds is 14. The van der Waals surface area contributed by atoms with E-state index in [0.29, 0.717) is 34.9 Å². The smallest absolute Gasteiger partial charge is 0.179 e. The Morgan fingerprint density at radius 1 is 0.163 bits per heavy atom. The molecule has 13 rings (SSSR count). The maximum Gasteiger partial charge on any atom is 0.179 e. The third kappa shape index (κ3) is 9.28. The van der Waals surface area contributed by atoms with Crippen molar-refractivity contribution in [3.05, 3.63) is 315 Å². The lowest BCUT2D eigenvalue weighted by Crippen LogP contribution is -2.74. The summed E-state index contributed by atoms with van der Waals surface area (Å²) in [7, 11) is -5.79. The molecule has 13 aromatic rings. The van der Waals surface area contributed by atoms with Crippen LogP contribution in [0, 0.1) is 0 Å². The van der Waals surface area contributed by atoms with Crippen LogP contribution in [-0.4, -0.2) is 46.1 Å². The quantitative estimate of drug-likeness (QED) is 0.0798. The predicted octanol–water partition coefficient (Wildman–Crippen LogP) is 10.8. The van der Waals surface area contributed by atoms with E-state index in [1.165, 1.54) is 41.5 Å². The van der Waals surface area contributed by atoms with Crippen LogP contribution in [0.2, 0.25) is 0 Å². The van der Waals surface area contributed by atoms with E-state index in [9.17, 15) is 0 Å². The molecule has 11 aromatic carbocycles. The molecule has 2 heterocycles. The van der Waals surface area contributed by atoms with E-state index in [4.69, 9.17) is 29.9 Å². The molecule has 0 aliphatic rings. The fourth-order valence-electron chi connectivity index (χ4n) is 11.5. The van der Waals surface area contributed by atoms with Gasteiger partial charge >= 0.3 is 0 Å². The van der Waals surface area contributed by atoms with Crippen molar-refractivity contribution in [3.63, 3.8) is 0 Å². The van der Waals surface area contributed by atoms with E-state index in [0.717, 1.165) is 33.4 Å². The Kier molecular flexibility index (Phi) is 13.6. The van der Waals surface area contributed by atoms with Crippen molar-refractivity contribution in [1.29, 1.82) is 0 Å². The Labute approximate surface area is 468 Å². The van der Waals surface area contributed by atoms with E-state index in [2.05, 4.69) is 243 Å². The standard InChI is InChI=1S/C72H52N6Si2/c1-9-29-53(30-10-1)67-73-69(55-33-27-47-63(51-55)79(57-35-13-3-14-36-57,58-37-15-4-16-38-58)59-39-17-5-18-40-59)77-71(75-67)65-49-25-26-50-66(65)72-76-68(54-31-11-2-12-32-54)74-70(78-72)56-34-28-48-64(52-56)80(60-41-19-6-20-42-60,61-43-21-7-22-44-61)62-45-23-8-24-46-62/h1-52H. The second-order valence-corrected chi connectivity index (χ2v) is 27.4. The molecule has 378 valence electrons. The zero-order valence-electron chi connectivity index (χ0n) is 43.7. The molecule has 2 aromatic heterocycles. The molecule has 0 saturated heterocycles. The molecule has 0 aliphatic carbocycles. The highest BCUT2D eigenvalue weighted by atomic mass is 28.3. The molecular formula is C72H52N6Si2. The first-order chi connectivity index (χ1) is 39.7. The molecule has 8 heteroatoms. The Morgan fingerprint density at radius 3 is 0.637 bits per heavy atom. The van der Waals surface area contributed by atoms with E-state index >= 15 is 0 Å². The summed E-state index contributed by atoms with van der Waals surface area (Å²) in [5.74, 6) is 3.24. The number of aromatic nitrogens is 6. The van der Waals surface area contributed by atoms with Gasteiger partial charge in [-0.1, -0.05) is 315 Å². The van der Waals surface area contributed by atoms with Crippen molar-refractivity contribution in [2.75, 3.05) is 0 Å². The minimum Gasteiger partial charge on any atom is -0.208 e. The van der Waals surface area contributed by atoms with Crippen LogP contribution in [0.5, 0.6) is 0 Å². The van der Waals surface area contributed by atoms with Crippen molar-refractivity contribution in [2.45, 2.75) is 0 Å². The topological polar surface area (TPSA) is 77.3 Å². The summed E-state index contributed by atoms with van der Waals surface area (Å²) in [5.41, 5.74) is 5.05. The highest BCUT2D eigenvalue weighted by molar-refractivity contribution is 7.20. The number of hydrogen-bond donors (Lipinski definition) is 0. The molecule has 0 bridgehead atoms. The average Bonchev–Trinajstić information content (AvgIpc) is 3.71. The highest BCUT2D eigenvalue weighted by Gasteiger charge is 2.43. The molecule has 0 N–H and O–H groups in total. The molecule has 0 radical (unpaired) electrons. The summed E-state index contributed by atoms with van der Waals surface area (Å²) < 4.78 is 0. The number of benzene rings is 11. The van der Waals surface area contributed by atoms with Gasteiger partial charge in [-0.3, -0.25) is 0 Å². The van der Waals surface area contributed by atoms with Crippen LogP contribution in [0.25, 0.3) is 68.3 Å². The van der Waals surface area contributed by atoms with Crippen molar-refractivity contribution in [1.82, 2.24) is 29.9 Å². The molecule has 0 amide bonds. The van der Waals surface area contributed by atoms with E-state index < -0.39 is 16.1 Å². The van der Waals surface area contributed by atoms with Gasteiger partial charge in [-0.05, 0) is 41.5 Å². The molecule has 0 unspecified atom stereocenters. The summed E-state index contributed by atoms with van der Waals surface area (Å²) >= 11 is 0. The van der Waals surface area contributed by atoms with E-state index in [1.54, 1.807) is 0 Å². The van der Waals surface area contributed by atoms with Crippen LogP contribution in [0.15, 0.2) is 315 Å². The Morgan fingerprint density at radius 2 is 0.362 bits per heavy atom. The first kappa shape index (κ1) is 49.4. The largest absolute Gasteiger partial charge is 0.208 e. The molecule has 80 heavy (non-hydrogen) atoms. The molecule has 6 nitrogen and oxygen atoms in total. The molecule has 0 spiro atoms. The van der Waals surface area contributed by atoms with Gasteiger partial charge < -0.3 is 0 Å². The van der Waals surface area contributed by atoms with Gasteiger partial charge in [0.25, 0.3) is 0 Å². The van der Waals surface area contributed by atoms with Gasteiger partial charge in [-0.15, -0.1) is 0 Å². The maximum absolute atomic E-state index is 5.44. The molecule has 0 saturated carbocycles. The van der Waals surface area contributed by atoms with Gasteiger partial charge in [0.15, 0.2) is 51.1 Å². The number of nitrogens with zero attached hydrogens (tertiary/aromatic N) is 6. The van der Waals surface area contributed by atoms with Gasteiger partial charge in [-0.25, -0.2) is 29.9 Å². The lowest BCUT2D eigenvalue weighted by atomic mass is 10.1. The van der Waals surface area contributed by atoms with Crippen LogP contribution < -0.4 is 41.5 Å². The van der Waals surface area contributed by atoms with Crippen LogP contribution in [-0.2, 0) is 0 Å². The van der Waals surface area contributed by atoms with Crippen molar-refractivity contribution in [3.8, 4) is 68.3 Å². The van der Waals surface area contributed by atoms with Gasteiger partial charge in [0.05, 0.1) is 0 Å². The van der Waals surface area contributed by atoms with Crippen LogP contribution in [0.3, 0.4) is 0 Å². The SMILES string of the molecule is c1ccc(-c2nc(-c3cccc([Si](c4ccccc4)(c4ccccc4)c4ccccc4)c3)nc(-c3ccccc3-c3nc(-c4ccccc4)nc(-c4cccc([Si](c5ccccc5)(c5ccccc5)c5ccccc5)c4)n3)n2)cc1. The van der Waals surface area contributed by atoms with Crippen molar-refractivity contribution >= 4 is 57.6 Å². The predicted molar refractivity (Wildman–Crippen MR) is 333 cm³/mol. The third-order valence-corrected chi connectivity index (χ3v) is 24.6. The van der Waals surface area contributed by atoms with Crippen molar-refractivity contribution in [2.24, 2.45) is 0 Å². The first-order valence-corrected chi connectivity index (χ1v) is 30.9. The van der Waals surface area contributed by atoms with Gasteiger partial charge in [-0.2, -0.15) is 0 Å². The minimum absolute atomic E-state index is 0.502. The fraction of sp³-hybridized carbons (Fsp3) is 0. The van der Waals surface area contributed by atoms with Crippen molar-refractivity contribution < 1.29 is 0 Å². The van der Waals surface area contributed by atoms with Crippen LogP contribution >= 0.6 is 0 Å². The lowest BCUT2D eigenvalue weighted by molar-refractivity contribution is 1.06. The average molecular weight is 1060 g/mol. The first-order valence-electron chi connectivity index (χ1n) is 26.9. The summed E-state index contributed by atoms with van der Waals surface area (Å²) in [6.07, 6.45) is 0. The lowest BCUT2D eigenvalue weighted by Gasteiger charge is -2.34.